The fourth-order valence-electron chi connectivity index (χ4n) is 3.28. The first kappa shape index (κ1) is 24.3. The fourth-order valence-corrected chi connectivity index (χ4v) is 3.28. The molecule has 0 saturated heterocycles. The third-order valence-corrected chi connectivity index (χ3v) is 4.94. The van der Waals surface area contributed by atoms with E-state index in [9.17, 15) is 9.90 Å². The second kappa shape index (κ2) is 11.5. The van der Waals surface area contributed by atoms with E-state index in [0.717, 1.165) is 11.1 Å². The summed E-state index contributed by atoms with van der Waals surface area (Å²) in [5.74, 6) is 1.76. The number of phenolic OH excluding ortho intramolecular Hbond substituents is 1. The molecule has 34 heavy (non-hydrogen) atoms. The van der Waals surface area contributed by atoms with Gasteiger partial charge in [0.05, 0.1) is 28.4 Å². The van der Waals surface area contributed by atoms with E-state index >= 15 is 0 Å². The highest BCUT2D eigenvalue weighted by molar-refractivity contribution is 6.02. The number of hydrogen-bond donors (Lipinski definition) is 2. The second-order valence-electron chi connectivity index (χ2n) is 7.17. The number of amides is 1. The summed E-state index contributed by atoms with van der Waals surface area (Å²) in [4.78, 5) is 12.3. The van der Waals surface area contributed by atoms with Crippen molar-refractivity contribution in [3.05, 3.63) is 77.4 Å². The lowest BCUT2D eigenvalue weighted by atomic mass is 10.1. The molecule has 0 bridgehead atoms. The Bertz CT molecular complexity index is 1190. The van der Waals surface area contributed by atoms with Gasteiger partial charge in [0, 0.05) is 11.8 Å². The topological polar surface area (TPSA) is 86.3 Å². The Morgan fingerprint density at radius 1 is 0.735 bits per heavy atom. The van der Waals surface area contributed by atoms with Crippen molar-refractivity contribution in [1.29, 1.82) is 0 Å². The van der Waals surface area contributed by atoms with Crippen molar-refractivity contribution in [1.82, 2.24) is 0 Å². The predicted octanol–water partition coefficient (Wildman–Crippen LogP) is 5.25. The van der Waals surface area contributed by atoms with Crippen LogP contribution in [0.2, 0.25) is 0 Å². The fraction of sp³-hybridized carbons (Fsp3) is 0.148. The Labute approximate surface area is 198 Å². The molecule has 0 fully saturated rings. The molecular weight excluding hydrogens is 434 g/mol. The number of aromatic hydroxyl groups is 1. The van der Waals surface area contributed by atoms with Crippen LogP contribution in [0.5, 0.6) is 28.7 Å². The van der Waals surface area contributed by atoms with E-state index in [1.165, 1.54) is 19.3 Å². The van der Waals surface area contributed by atoms with E-state index < -0.39 is 0 Å². The van der Waals surface area contributed by atoms with E-state index in [1.54, 1.807) is 39.5 Å². The Hall–Kier alpha value is -4.39. The minimum Gasteiger partial charge on any atom is -0.504 e. The van der Waals surface area contributed by atoms with Crippen LogP contribution < -0.4 is 24.3 Å². The summed E-state index contributed by atoms with van der Waals surface area (Å²) < 4.78 is 21.2. The normalized spacial score (nSPS) is 10.9. The van der Waals surface area contributed by atoms with Crippen LogP contribution in [0.25, 0.3) is 18.2 Å². The van der Waals surface area contributed by atoms with Gasteiger partial charge in [-0.3, -0.25) is 4.79 Å². The van der Waals surface area contributed by atoms with Crippen molar-refractivity contribution in [2.24, 2.45) is 0 Å². The van der Waals surface area contributed by atoms with Gasteiger partial charge in [-0.2, -0.15) is 0 Å². The summed E-state index contributed by atoms with van der Waals surface area (Å²) in [7, 11) is 6.18. The lowest BCUT2D eigenvalue weighted by molar-refractivity contribution is -0.111. The summed E-state index contributed by atoms with van der Waals surface area (Å²) >= 11 is 0. The van der Waals surface area contributed by atoms with Gasteiger partial charge in [-0.1, -0.05) is 30.4 Å². The summed E-state index contributed by atoms with van der Waals surface area (Å²) in [6, 6.07) is 16.1. The van der Waals surface area contributed by atoms with Gasteiger partial charge in [-0.15, -0.1) is 0 Å². The summed E-state index contributed by atoms with van der Waals surface area (Å²) in [5, 5.41) is 12.7. The second-order valence-corrected chi connectivity index (χ2v) is 7.17. The highest BCUT2D eigenvalue weighted by atomic mass is 16.5. The number of carbonyl (C=O) groups excluding carboxylic acids is 1. The number of phenols is 1. The molecule has 0 radical (unpaired) electrons. The average Bonchev–Trinajstić information content (AvgIpc) is 2.85. The minimum absolute atomic E-state index is 0.0108. The molecule has 7 heteroatoms. The molecular formula is C27H27NO6. The van der Waals surface area contributed by atoms with Crippen LogP contribution in [0, 0.1) is 0 Å². The van der Waals surface area contributed by atoms with Crippen molar-refractivity contribution in [2.75, 3.05) is 33.8 Å². The van der Waals surface area contributed by atoms with Gasteiger partial charge in [-0.25, -0.2) is 0 Å². The van der Waals surface area contributed by atoms with Crippen molar-refractivity contribution >= 4 is 29.8 Å². The summed E-state index contributed by atoms with van der Waals surface area (Å²) in [6.07, 6.45) is 6.86. The smallest absolute Gasteiger partial charge is 0.248 e. The molecule has 176 valence electrons. The molecule has 0 unspecified atom stereocenters. The molecule has 0 aromatic heterocycles. The minimum atomic E-state index is -0.291. The van der Waals surface area contributed by atoms with Gasteiger partial charge in [0.2, 0.25) is 11.7 Å². The van der Waals surface area contributed by atoms with Crippen molar-refractivity contribution in [3.63, 3.8) is 0 Å². The first-order valence-corrected chi connectivity index (χ1v) is 10.4. The van der Waals surface area contributed by atoms with Crippen molar-refractivity contribution in [2.45, 2.75) is 0 Å². The van der Waals surface area contributed by atoms with Crippen LogP contribution in [0.4, 0.5) is 5.69 Å². The lowest BCUT2D eigenvalue weighted by Crippen LogP contribution is -2.07. The monoisotopic (exact) mass is 461 g/mol. The van der Waals surface area contributed by atoms with Gasteiger partial charge in [0.15, 0.2) is 23.0 Å². The van der Waals surface area contributed by atoms with Gasteiger partial charge < -0.3 is 29.4 Å². The van der Waals surface area contributed by atoms with E-state index in [4.69, 9.17) is 18.9 Å². The number of anilines is 1. The molecule has 2 N–H and O–H groups in total. The summed E-state index contributed by atoms with van der Waals surface area (Å²) in [5.41, 5.74) is 3.10. The molecule has 0 spiro atoms. The number of carbonyl (C=O) groups is 1. The molecule has 3 rings (SSSR count). The zero-order chi connectivity index (χ0) is 24.5. The van der Waals surface area contributed by atoms with E-state index in [1.807, 2.05) is 48.6 Å². The zero-order valence-electron chi connectivity index (χ0n) is 19.5. The Morgan fingerprint density at radius 2 is 1.38 bits per heavy atom. The van der Waals surface area contributed by atoms with Crippen LogP contribution >= 0.6 is 0 Å². The Morgan fingerprint density at radius 3 is 2.00 bits per heavy atom. The predicted molar refractivity (Wildman–Crippen MR) is 134 cm³/mol. The molecule has 1 amide bonds. The molecule has 3 aromatic carbocycles. The van der Waals surface area contributed by atoms with Crippen LogP contribution in [-0.4, -0.2) is 39.5 Å². The maximum absolute atomic E-state index is 12.3. The first-order valence-electron chi connectivity index (χ1n) is 10.4. The maximum atomic E-state index is 12.3. The van der Waals surface area contributed by atoms with Crippen molar-refractivity contribution < 1.29 is 28.8 Å². The Balaban J connectivity index is 1.71. The molecule has 0 heterocycles. The SMILES string of the molecule is COc1ccc(/C=C/C(=O)Nc2cccc(C=Cc3cc(OC)c(OC)c(OC)c3)c2)cc1O. The van der Waals surface area contributed by atoms with Crippen LogP contribution in [-0.2, 0) is 4.79 Å². The molecule has 7 nitrogen and oxygen atoms in total. The van der Waals surface area contributed by atoms with Crippen molar-refractivity contribution in [3.8, 4) is 28.7 Å². The standard InChI is InChI=1S/C27H27NO6/c1-31-23-12-10-19(15-22(23)29)11-13-26(30)28-21-7-5-6-18(14-21)8-9-20-16-24(32-2)27(34-4)25(17-20)33-3/h5-17,29H,1-4H3,(H,28,30)/b9-8?,13-11+. The van der Waals surface area contributed by atoms with Gasteiger partial charge in [0.1, 0.15) is 0 Å². The van der Waals surface area contributed by atoms with E-state index in [0.29, 0.717) is 34.2 Å². The molecule has 3 aromatic rings. The Kier molecular flexibility index (Phi) is 8.18. The van der Waals surface area contributed by atoms with Gasteiger partial charge in [-0.05, 0) is 59.2 Å². The van der Waals surface area contributed by atoms with E-state index in [2.05, 4.69) is 5.32 Å². The quantitative estimate of drug-likeness (QED) is 0.334. The molecule has 0 aliphatic rings. The third-order valence-electron chi connectivity index (χ3n) is 4.94. The third kappa shape index (κ3) is 6.10. The first-order chi connectivity index (χ1) is 16.5. The van der Waals surface area contributed by atoms with Crippen LogP contribution in [0.15, 0.2) is 60.7 Å². The average molecular weight is 462 g/mol. The highest BCUT2D eigenvalue weighted by Gasteiger charge is 2.12. The number of rotatable bonds is 9. The molecule has 0 aliphatic heterocycles. The maximum Gasteiger partial charge on any atom is 0.248 e. The number of hydrogen-bond acceptors (Lipinski definition) is 6. The molecule has 0 aliphatic carbocycles. The number of benzene rings is 3. The number of nitrogens with one attached hydrogen (secondary N) is 1. The number of ether oxygens (including phenoxy) is 4. The highest BCUT2D eigenvalue weighted by Crippen LogP contribution is 2.38. The van der Waals surface area contributed by atoms with Crippen LogP contribution in [0.3, 0.4) is 0 Å². The van der Waals surface area contributed by atoms with E-state index in [-0.39, 0.29) is 11.7 Å². The lowest BCUT2D eigenvalue weighted by Gasteiger charge is -2.12. The molecule has 0 saturated carbocycles. The van der Waals surface area contributed by atoms with Gasteiger partial charge in [0.25, 0.3) is 0 Å². The van der Waals surface area contributed by atoms with Crippen LogP contribution in [0.1, 0.15) is 16.7 Å². The number of methoxy groups -OCH3 is 4. The largest absolute Gasteiger partial charge is 0.504 e. The summed E-state index contributed by atoms with van der Waals surface area (Å²) in [6.45, 7) is 0. The van der Waals surface area contributed by atoms with Gasteiger partial charge >= 0.3 is 0 Å². The zero-order valence-corrected chi connectivity index (χ0v) is 19.5. The molecule has 0 atom stereocenters.